The van der Waals surface area contributed by atoms with Crippen molar-refractivity contribution in [1.29, 1.82) is 0 Å². The lowest BCUT2D eigenvalue weighted by molar-refractivity contribution is 0.182. The summed E-state index contributed by atoms with van der Waals surface area (Å²) in [5.74, 6) is 1.64. The predicted octanol–water partition coefficient (Wildman–Crippen LogP) is 4.72. The van der Waals surface area contributed by atoms with Crippen molar-refractivity contribution in [3.8, 4) is 11.5 Å². The summed E-state index contributed by atoms with van der Waals surface area (Å²) in [6.07, 6.45) is 0. The molecule has 1 heterocycles. The molecule has 0 saturated carbocycles. The molecule has 0 spiro atoms. The van der Waals surface area contributed by atoms with Gasteiger partial charge in [-0.05, 0) is 55.0 Å². The number of nitrogens with one attached hydrogen (secondary N) is 1. The van der Waals surface area contributed by atoms with Crippen molar-refractivity contribution in [2.45, 2.75) is 13.5 Å². The van der Waals surface area contributed by atoms with E-state index in [9.17, 15) is 0 Å². The summed E-state index contributed by atoms with van der Waals surface area (Å²) in [4.78, 5) is 4.65. The van der Waals surface area contributed by atoms with E-state index >= 15 is 0 Å². The van der Waals surface area contributed by atoms with Gasteiger partial charge in [0.2, 0.25) is 0 Å². The van der Waals surface area contributed by atoms with Gasteiger partial charge in [-0.15, -0.1) is 0 Å². The van der Waals surface area contributed by atoms with Crippen molar-refractivity contribution in [1.82, 2.24) is 5.32 Å². The maximum atomic E-state index is 6.08. The van der Waals surface area contributed by atoms with Crippen LogP contribution in [-0.4, -0.2) is 27.1 Å². The van der Waals surface area contributed by atoms with Crippen LogP contribution in [0.3, 0.4) is 0 Å². The Bertz CT molecular complexity index is 946. The Morgan fingerprint density at radius 1 is 0.862 bits per heavy atom. The lowest BCUT2D eigenvalue weighted by Gasteiger charge is -2.39. The highest BCUT2D eigenvalue weighted by Gasteiger charge is 2.19. The normalized spacial score (nSPS) is 14.1. The molecule has 1 saturated heterocycles. The van der Waals surface area contributed by atoms with Gasteiger partial charge in [0, 0.05) is 24.0 Å². The Balaban J connectivity index is 1.55. The van der Waals surface area contributed by atoms with Gasteiger partial charge in [0.15, 0.2) is 0 Å². The minimum absolute atomic E-state index is 0.499. The SMILES string of the molecule is COCc1cc(N2CNCN(c3cccc(C)c3)C2)ccc1Oc1ccccc1. The van der Waals surface area contributed by atoms with E-state index in [0.717, 1.165) is 42.8 Å². The van der Waals surface area contributed by atoms with Crippen LogP contribution >= 0.6 is 0 Å². The summed E-state index contributed by atoms with van der Waals surface area (Å²) in [6.45, 7) is 5.08. The summed E-state index contributed by atoms with van der Waals surface area (Å²) >= 11 is 0. The average molecular weight is 389 g/mol. The summed E-state index contributed by atoms with van der Waals surface area (Å²) in [5, 5.41) is 3.50. The molecule has 5 heteroatoms. The molecule has 0 bridgehead atoms. The lowest BCUT2D eigenvalue weighted by atomic mass is 10.1. The van der Waals surface area contributed by atoms with Crippen LogP contribution in [0.1, 0.15) is 11.1 Å². The molecule has 1 aliphatic rings. The molecule has 0 aromatic heterocycles. The topological polar surface area (TPSA) is 37.0 Å². The number of aryl methyl sites for hydroxylation is 1. The van der Waals surface area contributed by atoms with Gasteiger partial charge >= 0.3 is 0 Å². The molecule has 0 aliphatic carbocycles. The number of anilines is 2. The first kappa shape index (κ1) is 19.3. The van der Waals surface area contributed by atoms with E-state index in [2.05, 4.69) is 58.4 Å². The highest BCUT2D eigenvalue weighted by molar-refractivity contribution is 5.57. The maximum absolute atomic E-state index is 6.08. The highest BCUT2D eigenvalue weighted by Crippen LogP contribution is 2.30. The fraction of sp³-hybridized carbons (Fsp3) is 0.250. The second kappa shape index (κ2) is 8.99. The zero-order chi connectivity index (χ0) is 20.1. The minimum Gasteiger partial charge on any atom is -0.457 e. The van der Waals surface area contributed by atoms with Crippen LogP contribution in [-0.2, 0) is 11.3 Å². The number of nitrogens with zero attached hydrogens (tertiary/aromatic N) is 2. The first-order chi connectivity index (χ1) is 14.2. The van der Waals surface area contributed by atoms with E-state index in [0.29, 0.717) is 6.61 Å². The Morgan fingerprint density at radius 3 is 2.34 bits per heavy atom. The summed E-state index contributed by atoms with van der Waals surface area (Å²) in [5.41, 5.74) is 4.66. The van der Waals surface area contributed by atoms with Crippen LogP contribution in [0.25, 0.3) is 0 Å². The summed E-state index contributed by atoms with van der Waals surface area (Å²) in [6, 6.07) is 24.7. The Kier molecular flexibility index (Phi) is 5.98. The van der Waals surface area contributed by atoms with Gasteiger partial charge in [-0.2, -0.15) is 0 Å². The molecule has 0 atom stereocenters. The van der Waals surface area contributed by atoms with E-state index in [1.807, 2.05) is 36.4 Å². The second-order valence-corrected chi connectivity index (χ2v) is 7.27. The molecule has 3 aromatic carbocycles. The number of ether oxygens (including phenoxy) is 2. The molecule has 29 heavy (non-hydrogen) atoms. The van der Waals surface area contributed by atoms with E-state index in [1.165, 1.54) is 11.3 Å². The predicted molar refractivity (Wildman–Crippen MR) is 118 cm³/mol. The van der Waals surface area contributed by atoms with Gasteiger partial charge in [-0.1, -0.05) is 30.3 Å². The number of methoxy groups -OCH3 is 1. The van der Waals surface area contributed by atoms with E-state index in [1.54, 1.807) is 7.11 Å². The molecule has 0 radical (unpaired) electrons. The largest absolute Gasteiger partial charge is 0.457 e. The molecule has 3 aromatic rings. The van der Waals surface area contributed by atoms with Gasteiger partial charge < -0.3 is 19.3 Å². The van der Waals surface area contributed by atoms with Gasteiger partial charge in [-0.25, -0.2) is 0 Å². The number of para-hydroxylation sites is 1. The molecular formula is C24H27N3O2. The number of rotatable bonds is 6. The van der Waals surface area contributed by atoms with E-state index in [4.69, 9.17) is 9.47 Å². The molecule has 150 valence electrons. The third-order valence-corrected chi connectivity index (χ3v) is 4.99. The monoisotopic (exact) mass is 389 g/mol. The smallest absolute Gasteiger partial charge is 0.133 e. The van der Waals surface area contributed by atoms with Crippen molar-refractivity contribution in [3.63, 3.8) is 0 Å². The fourth-order valence-electron chi connectivity index (χ4n) is 3.54. The molecule has 1 aliphatic heterocycles. The molecule has 0 amide bonds. The Morgan fingerprint density at radius 2 is 1.62 bits per heavy atom. The molecule has 4 rings (SSSR count). The van der Waals surface area contributed by atoms with E-state index < -0.39 is 0 Å². The second-order valence-electron chi connectivity index (χ2n) is 7.27. The highest BCUT2D eigenvalue weighted by atomic mass is 16.5. The van der Waals surface area contributed by atoms with Crippen LogP contribution in [0.15, 0.2) is 72.8 Å². The molecule has 5 nitrogen and oxygen atoms in total. The van der Waals surface area contributed by atoms with Crippen LogP contribution in [0.2, 0.25) is 0 Å². The van der Waals surface area contributed by atoms with Gasteiger partial charge in [0.1, 0.15) is 11.5 Å². The van der Waals surface area contributed by atoms with Gasteiger partial charge in [0.05, 0.1) is 26.6 Å². The van der Waals surface area contributed by atoms with Crippen molar-refractivity contribution < 1.29 is 9.47 Å². The van der Waals surface area contributed by atoms with Gasteiger partial charge in [-0.3, -0.25) is 5.32 Å². The first-order valence-electron chi connectivity index (χ1n) is 9.85. The van der Waals surface area contributed by atoms with Gasteiger partial charge in [0.25, 0.3) is 0 Å². The number of benzene rings is 3. The van der Waals surface area contributed by atoms with Crippen LogP contribution in [0.4, 0.5) is 11.4 Å². The summed E-state index contributed by atoms with van der Waals surface area (Å²) in [7, 11) is 1.71. The molecular weight excluding hydrogens is 362 g/mol. The first-order valence-corrected chi connectivity index (χ1v) is 9.85. The Labute approximate surface area is 172 Å². The minimum atomic E-state index is 0.499. The maximum Gasteiger partial charge on any atom is 0.133 e. The molecule has 1 N–H and O–H groups in total. The third-order valence-electron chi connectivity index (χ3n) is 4.99. The lowest BCUT2D eigenvalue weighted by Crippen LogP contribution is -2.53. The third kappa shape index (κ3) is 4.70. The van der Waals surface area contributed by atoms with Crippen molar-refractivity contribution in [2.75, 3.05) is 36.9 Å². The van der Waals surface area contributed by atoms with Crippen LogP contribution in [0, 0.1) is 6.92 Å². The van der Waals surface area contributed by atoms with Crippen molar-refractivity contribution in [3.05, 3.63) is 83.9 Å². The molecule has 1 fully saturated rings. The zero-order valence-corrected chi connectivity index (χ0v) is 17.0. The quantitative estimate of drug-likeness (QED) is 0.660. The standard InChI is InChI=1S/C24H27N3O2/c1-19-7-6-8-21(13-19)26-16-25-17-27(18-26)22-11-12-24(20(14-22)15-28-2)29-23-9-4-3-5-10-23/h3-14,25H,15-18H2,1-2H3. The van der Waals surface area contributed by atoms with Crippen molar-refractivity contribution in [2.24, 2.45) is 0 Å². The summed E-state index contributed by atoms with van der Waals surface area (Å²) < 4.78 is 11.5. The van der Waals surface area contributed by atoms with Crippen LogP contribution < -0.4 is 19.9 Å². The molecule has 0 unspecified atom stereocenters. The zero-order valence-electron chi connectivity index (χ0n) is 17.0. The number of hydrogen-bond acceptors (Lipinski definition) is 5. The average Bonchev–Trinajstić information content (AvgIpc) is 2.76. The number of hydrogen-bond donors (Lipinski definition) is 1. The Hall–Kier alpha value is -3.02. The van der Waals surface area contributed by atoms with E-state index in [-0.39, 0.29) is 0 Å². The van der Waals surface area contributed by atoms with Crippen molar-refractivity contribution >= 4 is 11.4 Å². The fourth-order valence-corrected chi connectivity index (χ4v) is 3.54. The van der Waals surface area contributed by atoms with Crippen LogP contribution in [0.5, 0.6) is 11.5 Å².